The van der Waals surface area contributed by atoms with Crippen molar-refractivity contribution in [2.75, 3.05) is 0 Å². The van der Waals surface area contributed by atoms with Gasteiger partial charge in [-0.3, -0.25) is 8.42 Å². The third kappa shape index (κ3) is 270. The molecule has 0 heterocycles. The molecule has 0 spiro atoms. The molecule has 0 rings (SSSR count). The summed E-state index contributed by atoms with van der Waals surface area (Å²) in [4.78, 5) is 0. The van der Waals surface area contributed by atoms with Crippen LogP contribution >= 0.6 is 0 Å². The zero-order valence-electron chi connectivity index (χ0n) is 3.46. The normalized spacial score (nSPS) is 8.29. The molecule has 0 bridgehead atoms. The molecule has 40 valence electrons. The summed E-state index contributed by atoms with van der Waals surface area (Å²) in [5.41, 5.74) is 0. The molecule has 0 aliphatic heterocycles. The minimum Gasteiger partial charge on any atom is -0.759 e. The fourth-order valence-corrected chi connectivity index (χ4v) is 0. The topological polar surface area (TPSA) is 115 Å². The van der Waals surface area contributed by atoms with Crippen LogP contribution in [0.3, 0.4) is 0 Å². The molecule has 7 heavy (non-hydrogen) atoms. The molecule has 0 radical (unpaired) electrons. The van der Waals surface area contributed by atoms with Crippen molar-refractivity contribution in [3.8, 4) is 0 Å². The van der Waals surface area contributed by atoms with Crippen molar-refractivity contribution >= 4 is 10.4 Å². The van der Waals surface area contributed by atoms with E-state index >= 15 is 0 Å². The molecule has 0 fully saturated rings. The Morgan fingerprint density at radius 2 is 1.14 bits per heavy atom. The van der Waals surface area contributed by atoms with E-state index < -0.39 is 10.4 Å². The molecule has 5 nitrogen and oxygen atoms in total. The Bertz CT molecular complexity index is 94.9. The van der Waals surface area contributed by atoms with Crippen molar-refractivity contribution in [2.45, 2.75) is 0 Å². The van der Waals surface area contributed by atoms with Gasteiger partial charge in [-0.2, -0.15) is 0 Å². The second-order valence-corrected chi connectivity index (χ2v) is 1.22. The van der Waals surface area contributed by atoms with E-state index in [2.05, 4.69) is 0 Å². The van der Waals surface area contributed by atoms with Gasteiger partial charge >= 0.3 is 27.3 Å². The molecular weight excluding hydrogens is 222 g/mol. The predicted octanol–water partition coefficient (Wildman–Crippen LogP) is -1.18. The average Bonchev–Trinajstić information content (AvgIpc) is 0.722. The van der Waals surface area contributed by atoms with Crippen LogP contribution in [0.25, 0.3) is 0 Å². The molecule has 0 saturated carbocycles. The molecule has 0 aromatic heterocycles. The first-order valence-corrected chi connectivity index (χ1v) is 2.00. The van der Waals surface area contributed by atoms with Crippen LogP contribution in [0.1, 0.15) is 0 Å². The van der Waals surface area contributed by atoms with Gasteiger partial charge in [0.2, 0.25) is 0 Å². The Hall–Kier alpha value is 0.752. The van der Waals surface area contributed by atoms with Gasteiger partial charge in [0.25, 0.3) is 0 Å². The first kappa shape index (κ1) is 15.7. The summed E-state index contributed by atoms with van der Waals surface area (Å²) in [7, 11) is -5.17. The van der Waals surface area contributed by atoms with Crippen molar-refractivity contribution in [1.29, 1.82) is 0 Å². The maximum Gasteiger partial charge on any atom is 2.00 e. The van der Waals surface area contributed by atoms with Gasteiger partial charge in [0.15, 0.2) is 0 Å². The monoisotopic (exact) mass is 227 g/mol. The van der Waals surface area contributed by atoms with Gasteiger partial charge in [-0.05, 0) is 0 Å². The van der Waals surface area contributed by atoms with Crippen LogP contribution < -0.4 is 6.15 Å². The van der Waals surface area contributed by atoms with Crippen molar-refractivity contribution in [3.63, 3.8) is 0 Å². The zero-order chi connectivity index (χ0) is 4.50. The van der Waals surface area contributed by atoms with Crippen molar-refractivity contribution < 1.29 is 44.8 Å². The Balaban J connectivity index is -0.0000000800. The van der Waals surface area contributed by atoms with E-state index in [1.165, 1.54) is 0 Å². The van der Waals surface area contributed by atoms with E-state index in [1.54, 1.807) is 0 Å². The quantitative estimate of drug-likeness (QED) is 0.316. The minimum absolute atomic E-state index is 0. The van der Waals surface area contributed by atoms with Crippen LogP contribution in [0.2, 0.25) is 0 Å². The fraction of sp³-hybridized carbons (Fsp3) is 0. The summed E-state index contributed by atoms with van der Waals surface area (Å²) in [6.07, 6.45) is 0. The van der Waals surface area contributed by atoms with Gasteiger partial charge in [-0.1, -0.05) is 0 Å². The smallest absolute Gasteiger partial charge is 0.759 e. The molecule has 0 aromatic rings. The maximum atomic E-state index is 8.52. The average molecular weight is 226 g/mol. The Morgan fingerprint density at radius 1 is 1.14 bits per heavy atom. The van der Waals surface area contributed by atoms with E-state index in [1.807, 2.05) is 0 Å². The molecule has 7 heteroatoms. The van der Waals surface area contributed by atoms with Crippen molar-refractivity contribution in [3.05, 3.63) is 0 Å². The third-order valence-corrected chi connectivity index (χ3v) is 0. The summed E-state index contributed by atoms with van der Waals surface area (Å²) >= 11 is 0. The second-order valence-electron chi connectivity index (χ2n) is 0.408. The van der Waals surface area contributed by atoms with Crippen LogP contribution in [0.15, 0.2) is 0 Å². The summed E-state index contributed by atoms with van der Waals surface area (Å²) in [6.45, 7) is 0. The van der Waals surface area contributed by atoms with E-state index in [0.717, 1.165) is 0 Å². The van der Waals surface area contributed by atoms with Crippen LogP contribution in [0.4, 0.5) is 0 Å². The van der Waals surface area contributed by atoms with Crippen molar-refractivity contribution in [2.24, 2.45) is 0 Å². The first-order valence-electron chi connectivity index (χ1n) is 0.667. The molecule has 0 unspecified atom stereocenters. The van der Waals surface area contributed by atoms with E-state index in [4.69, 9.17) is 17.5 Å². The van der Waals surface area contributed by atoms with Gasteiger partial charge in [0, 0.05) is 10.4 Å². The SMILES string of the molecule is N.O=S(=O)([O-])[O-].[Cd+2]. The van der Waals surface area contributed by atoms with E-state index in [-0.39, 0.29) is 33.4 Å². The number of hydrogen-bond donors (Lipinski definition) is 1. The molecule has 0 amide bonds. The Labute approximate surface area is 61.4 Å². The summed E-state index contributed by atoms with van der Waals surface area (Å²) < 4.78 is 34.1. The number of rotatable bonds is 0. The summed E-state index contributed by atoms with van der Waals surface area (Å²) in [5.74, 6) is 0. The molecule has 0 aromatic carbocycles. The Morgan fingerprint density at radius 3 is 1.14 bits per heavy atom. The predicted molar refractivity (Wildman–Crippen MR) is 15.5 cm³/mol. The molecular formula is H3CdNO4S. The van der Waals surface area contributed by atoms with Gasteiger partial charge in [0.1, 0.15) is 0 Å². The Kier molecular flexibility index (Phi) is 11.0. The first-order chi connectivity index (χ1) is 2.00. The molecule has 0 aliphatic rings. The van der Waals surface area contributed by atoms with Crippen LogP contribution in [-0.4, -0.2) is 17.5 Å². The zero-order valence-corrected chi connectivity index (χ0v) is 8.31. The van der Waals surface area contributed by atoms with Gasteiger partial charge in [-0.25, -0.2) is 0 Å². The molecule has 0 saturated heterocycles. The molecule has 3 N–H and O–H groups in total. The van der Waals surface area contributed by atoms with Gasteiger partial charge in [-0.15, -0.1) is 0 Å². The van der Waals surface area contributed by atoms with E-state index in [9.17, 15) is 0 Å². The molecule has 0 aliphatic carbocycles. The van der Waals surface area contributed by atoms with Crippen LogP contribution in [0, 0.1) is 0 Å². The van der Waals surface area contributed by atoms with Crippen LogP contribution in [-0.2, 0) is 37.7 Å². The summed E-state index contributed by atoms with van der Waals surface area (Å²) in [6, 6.07) is 0. The van der Waals surface area contributed by atoms with Crippen LogP contribution in [0.5, 0.6) is 0 Å². The third-order valence-electron chi connectivity index (χ3n) is 0. The molecule has 0 atom stereocenters. The van der Waals surface area contributed by atoms with Gasteiger partial charge in [0.05, 0.1) is 0 Å². The maximum absolute atomic E-state index is 8.52. The fourth-order valence-electron chi connectivity index (χ4n) is 0. The standard InChI is InChI=1S/Cd.H3N.H2O4S/c;;1-5(2,3)4/h;1H3;(H2,1,2,3,4)/q+2;;/p-2. The second kappa shape index (κ2) is 4.90. The van der Waals surface area contributed by atoms with Crippen molar-refractivity contribution in [1.82, 2.24) is 6.15 Å². The van der Waals surface area contributed by atoms with Gasteiger partial charge < -0.3 is 15.3 Å². The number of hydrogen-bond acceptors (Lipinski definition) is 5. The minimum atomic E-state index is -5.17. The summed E-state index contributed by atoms with van der Waals surface area (Å²) in [5, 5.41) is 0. The van der Waals surface area contributed by atoms with E-state index in [0.29, 0.717) is 0 Å². The largest absolute Gasteiger partial charge is 2.00 e.